The Hall–Kier alpha value is -1.22. The number of likely N-dealkylation sites (tertiary alicyclic amines) is 1. The second-order valence-electron chi connectivity index (χ2n) is 6.92. The predicted octanol–water partition coefficient (Wildman–Crippen LogP) is 3.41. The quantitative estimate of drug-likeness (QED) is 0.661. The number of rotatable bonds is 5. The molecular formula is C17H28N2O. The van der Waals surface area contributed by atoms with Crippen LogP contribution in [0.5, 0.6) is 5.75 Å². The first-order chi connectivity index (χ1) is 9.45. The van der Waals surface area contributed by atoms with Gasteiger partial charge in [0.05, 0.1) is 6.61 Å². The van der Waals surface area contributed by atoms with Crippen LogP contribution in [-0.4, -0.2) is 31.1 Å². The third kappa shape index (κ3) is 4.41. The Morgan fingerprint density at radius 1 is 1.25 bits per heavy atom. The van der Waals surface area contributed by atoms with E-state index in [1.165, 1.54) is 19.5 Å². The standard InChI is InChI=1S/C17H28N2O/c1-17(2,3)14-9-11-19(13-14)10-4-12-20-16-7-5-15(18)6-8-16/h5-8,14H,4,9-13,18H2,1-3H3. The molecule has 0 bridgehead atoms. The molecule has 3 nitrogen and oxygen atoms in total. The molecule has 0 spiro atoms. The maximum Gasteiger partial charge on any atom is 0.119 e. The van der Waals surface area contributed by atoms with Gasteiger partial charge >= 0.3 is 0 Å². The smallest absolute Gasteiger partial charge is 0.119 e. The van der Waals surface area contributed by atoms with Gasteiger partial charge in [0.25, 0.3) is 0 Å². The van der Waals surface area contributed by atoms with Crippen LogP contribution in [0.1, 0.15) is 33.6 Å². The van der Waals surface area contributed by atoms with Crippen LogP contribution in [0.2, 0.25) is 0 Å². The predicted molar refractivity (Wildman–Crippen MR) is 85.0 cm³/mol. The molecule has 2 rings (SSSR count). The average Bonchev–Trinajstić information content (AvgIpc) is 2.85. The van der Waals surface area contributed by atoms with Crippen molar-refractivity contribution in [2.45, 2.75) is 33.6 Å². The molecule has 1 aliphatic heterocycles. The molecule has 1 aromatic rings. The maximum atomic E-state index is 5.73. The summed E-state index contributed by atoms with van der Waals surface area (Å²) in [5.41, 5.74) is 6.87. The van der Waals surface area contributed by atoms with E-state index in [1.807, 2.05) is 24.3 Å². The van der Waals surface area contributed by atoms with E-state index in [4.69, 9.17) is 10.5 Å². The molecule has 3 heteroatoms. The van der Waals surface area contributed by atoms with Gasteiger partial charge in [-0.25, -0.2) is 0 Å². The first kappa shape index (κ1) is 15.2. The van der Waals surface area contributed by atoms with Gasteiger partial charge in [0.15, 0.2) is 0 Å². The molecule has 0 saturated carbocycles. The summed E-state index contributed by atoms with van der Waals surface area (Å²) < 4.78 is 5.73. The molecule has 1 saturated heterocycles. The highest BCUT2D eigenvalue weighted by atomic mass is 16.5. The first-order valence-electron chi connectivity index (χ1n) is 7.66. The molecule has 20 heavy (non-hydrogen) atoms. The molecular weight excluding hydrogens is 248 g/mol. The SMILES string of the molecule is CC(C)(C)C1CCN(CCCOc2ccc(N)cc2)C1. The van der Waals surface area contributed by atoms with E-state index < -0.39 is 0 Å². The third-order valence-electron chi connectivity index (χ3n) is 4.26. The fourth-order valence-corrected chi connectivity index (χ4v) is 2.78. The minimum atomic E-state index is 0.440. The Morgan fingerprint density at radius 2 is 1.95 bits per heavy atom. The lowest BCUT2D eigenvalue weighted by atomic mass is 9.80. The van der Waals surface area contributed by atoms with Gasteiger partial charge in [0, 0.05) is 18.8 Å². The van der Waals surface area contributed by atoms with Crippen molar-refractivity contribution in [3.8, 4) is 5.75 Å². The minimum Gasteiger partial charge on any atom is -0.494 e. The lowest BCUT2D eigenvalue weighted by Crippen LogP contribution is -2.27. The van der Waals surface area contributed by atoms with Gasteiger partial charge in [-0.2, -0.15) is 0 Å². The fraction of sp³-hybridized carbons (Fsp3) is 0.647. The van der Waals surface area contributed by atoms with E-state index in [1.54, 1.807) is 0 Å². The zero-order chi connectivity index (χ0) is 14.6. The summed E-state index contributed by atoms with van der Waals surface area (Å²) in [5.74, 6) is 1.74. The molecule has 2 N–H and O–H groups in total. The number of anilines is 1. The molecule has 0 radical (unpaired) electrons. The second kappa shape index (κ2) is 6.49. The molecule has 1 aromatic carbocycles. The molecule has 1 fully saturated rings. The number of nitrogens with zero attached hydrogens (tertiary/aromatic N) is 1. The van der Waals surface area contributed by atoms with Gasteiger partial charge in [-0.15, -0.1) is 0 Å². The molecule has 0 amide bonds. The van der Waals surface area contributed by atoms with E-state index in [0.717, 1.165) is 36.9 Å². The first-order valence-corrected chi connectivity index (χ1v) is 7.66. The van der Waals surface area contributed by atoms with Crippen LogP contribution in [0.4, 0.5) is 5.69 Å². The monoisotopic (exact) mass is 276 g/mol. The maximum absolute atomic E-state index is 5.73. The molecule has 0 aliphatic carbocycles. The summed E-state index contributed by atoms with van der Waals surface area (Å²) in [6.07, 6.45) is 2.42. The largest absolute Gasteiger partial charge is 0.494 e. The molecule has 1 atom stereocenters. The van der Waals surface area contributed by atoms with Crippen LogP contribution < -0.4 is 10.5 Å². The molecule has 112 valence electrons. The van der Waals surface area contributed by atoms with Gasteiger partial charge in [-0.05, 0) is 55.0 Å². The van der Waals surface area contributed by atoms with Crippen LogP contribution in [0.3, 0.4) is 0 Å². The number of benzene rings is 1. The van der Waals surface area contributed by atoms with Gasteiger partial charge in [-0.3, -0.25) is 0 Å². The van der Waals surface area contributed by atoms with Crippen molar-refractivity contribution in [1.29, 1.82) is 0 Å². The summed E-state index contributed by atoms with van der Waals surface area (Å²) in [4.78, 5) is 2.57. The third-order valence-corrected chi connectivity index (χ3v) is 4.26. The normalized spacial score (nSPS) is 20.2. The van der Waals surface area contributed by atoms with Gasteiger partial charge in [-0.1, -0.05) is 20.8 Å². The van der Waals surface area contributed by atoms with Crippen molar-refractivity contribution in [3.05, 3.63) is 24.3 Å². The molecule has 0 aromatic heterocycles. The van der Waals surface area contributed by atoms with E-state index in [0.29, 0.717) is 5.41 Å². The number of ether oxygens (including phenoxy) is 1. The Morgan fingerprint density at radius 3 is 2.55 bits per heavy atom. The fourth-order valence-electron chi connectivity index (χ4n) is 2.78. The van der Waals surface area contributed by atoms with Crippen molar-refractivity contribution >= 4 is 5.69 Å². The zero-order valence-corrected chi connectivity index (χ0v) is 13.1. The van der Waals surface area contributed by atoms with Crippen molar-refractivity contribution in [2.75, 3.05) is 32.0 Å². The van der Waals surface area contributed by atoms with Crippen LogP contribution in [0.25, 0.3) is 0 Å². The Bertz CT molecular complexity index is 408. The lowest BCUT2D eigenvalue weighted by molar-refractivity contribution is 0.218. The molecule has 1 unspecified atom stereocenters. The topological polar surface area (TPSA) is 38.5 Å². The Balaban J connectivity index is 1.64. The van der Waals surface area contributed by atoms with Gasteiger partial charge in [0.1, 0.15) is 5.75 Å². The van der Waals surface area contributed by atoms with Crippen molar-refractivity contribution in [1.82, 2.24) is 4.90 Å². The Labute approximate surface area is 123 Å². The summed E-state index contributed by atoms with van der Waals surface area (Å²) in [6.45, 7) is 11.5. The van der Waals surface area contributed by atoms with E-state index >= 15 is 0 Å². The van der Waals surface area contributed by atoms with E-state index in [2.05, 4.69) is 25.7 Å². The van der Waals surface area contributed by atoms with Gasteiger partial charge in [0.2, 0.25) is 0 Å². The van der Waals surface area contributed by atoms with Crippen molar-refractivity contribution in [3.63, 3.8) is 0 Å². The van der Waals surface area contributed by atoms with Crippen LogP contribution in [-0.2, 0) is 0 Å². The highest BCUT2D eigenvalue weighted by molar-refractivity contribution is 5.41. The van der Waals surface area contributed by atoms with E-state index in [9.17, 15) is 0 Å². The summed E-state index contributed by atoms with van der Waals surface area (Å²) in [5, 5.41) is 0. The lowest BCUT2D eigenvalue weighted by Gasteiger charge is -2.27. The van der Waals surface area contributed by atoms with Crippen molar-refractivity contribution < 1.29 is 4.74 Å². The number of hydrogen-bond donors (Lipinski definition) is 1. The van der Waals surface area contributed by atoms with Crippen LogP contribution in [0.15, 0.2) is 24.3 Å². The van der Waals surface area contributed by atoms with Crippen LogP contribution in [0, 0.1) is 11.3 Å². The number of hydrogen-bond acceptors (Lipinski definition) is 3. The summed E-state index contributed by atoms with van der Waals surface area (Å²) >= 11 is 0. The Kier molecular flexibility index (Phi) is 4.92. The van der Waals surface area contributed by atoms with Crippen LogP contribution >= 0.6 is 0 Å². The zero-order valence-electron chi connectivity index (χ0n) is 13.1. The van der Waals surface area contributed by atoms with Crippen molar-refractivity contribution in [2.24, 2.45) is 11.3 Å². The van der Waals surface area contributed by atoms with Gasteiger partial charge < -0.3 is 15.4 Å². The highest BCUT2D eigenvalue weighted by Crippen LogP contribution is 2.33. The minimum absolute atomic E-state index is 0.440. The second-order valence-corrected chi connectivity index (χ2v) is 6.92. The molecule has 1 aliphatic rings. The average molecular weight is 276 g/mol. The highest BCUT2D eigenvalue weighted by Gasteiger charge is 2.31. The summed E-state index contributed by atoms with van der Waals surface area (Å²) in [6, 6.07) is 7.62. The number of nitrogen functional groups attached to an aromatic ring is 1. The van der Waals surface area contributed by atoms with E-state index in [-0.39, 0.29) is 0 Å². The molecule has 1 heterocycles. The number of nitrogens with two attached hydrogens (primary N) is 1. The summed E-state index contributed by atoms with van der Waals surface area (Å²) in [7, 11) is 0.